The summed E-state index contributed by atoms with van der Waals surface area (Å²) in [7, 11) is 0. The summed E-state index contributed by atoms with van der Waals surface area (Å²) in [6.45, 7) is 5.22. The fourth-order valence-electron chi connectivity index (χ4n) is 1.66. The van der Waals surface area contributed by atoms with Crippen molar-refractivity contribution < 1.29 is 9.53 Å². The van der Waals surface area contributed by atoms with Crippen molar-refractivity contribution in [2.45, 2.75) is 20.3 Å². The Balaban J connectivity index is 1.94. The summed E-state index contributed by atoms with van der Waals surface area (Å²) >= 11 is 1.38. The van der Waals surface area contributed by atoms with Gasteiger partial charge in [-0.15, -0.1) is 10.2 Å². The van der Waals surface area contributed by atoms with Crippen LogP contribution in [-0.2, 0) is 11.2 Å². The Bertz CT molecular complexity index is 583. The van der Waals surface area contributed by atoms with Gasteiger partial charge in [0.05, 0.1) is 6.61 Å². The fourth-order valence-corrected chi connectivity index (χ4v) is 2.38. The first-order valence-electron chi connectivity index (χ1n) is 6.47. The number of benzene rings is 1. The number of carbonyl (C=O) groups excluding carboxylic acids is 1. The Morgan fingerprint density at radius 2 is 2.25 bits per heavy atom. The molecule has 0 unspecified atom stereocenters. The van der Waals surface area contributed by atoms with E-state index in [-0.39, 0.29) is 5.91 Å². The average Bonchev–Trinajstić information content (AvgIpc) is 2.86. The number of hydrogen-bond acceptors (Lipinski definition) is 5. The van der Waals surface area contributed by atoms with Crippen LogP contribution in [0.25, 0.3) is 0 Å². The van der Waals surface area contributed by atoms with E-state index in [9.17, 15) is 4.79 Å². The van der Waals surface area contributed by atoms with E-state index in [2.05, 4.69) is 15.5 Å². The molecule has 0 atom stereocenters. The molecule has 0 aliphatic carbocycles. The summed E-state index contributed by atoms with van der Waals surface area (Å²) in [6, 6.07) is 7.43. The van der Waals surface area contributed by atoms with Crippen LogP contribution >= 0.6 is 11.3 Å². The van der Waals surface area contributed by atoms with Crippen molar-refractivity contribution in [2.24, 2.45) is 0 Å². The van der Waals surface area contributed by atoms with Crippen LogP contribution in [0.5, 0.6) is 0 Å². The Labute approximate surface area is 122 Å². The lowest BCUT2D eigenvalue weighted by Gasteiger charge is -2.01. The summed E-state index contributed by atoms with van der Waals surface area (Å²) < 4.78 is 5.26. The number of anilines is 1. The molecule has 1 N–H and O–H groups in total. The molecule has 1 aromatic carbocycles. The number of nitrogens with zero attached hydrogens (tertiary/aromatic N) is 2. The van der Waals surface area contributed by atoms with Crippen LogP contribution in [0.15, 0.2) is 24.3 Å². The van der Waals surface area contributed by atoms with Crippen molar-refractivity contribution in [1.29, 1.82) is 0 Å². The number of nitrogens with one attached hydrogen (secondary N) is 1. The third-order valence-corrected chi connectivity index (χ3v) is 3.53. The van der Waals surface area contributed by atoms with Crippen LogP contribution in [0.4, 0.5) is 5.13 Å². The minimum atomic E-state index is -0.166. The molecule has 106 valence electrons. The summed E-state index contributed by atoms with van der Waals surface area (Å²) in [5.74, 6) is -0.166. The van der Waals surface area contributed by atoms with Gasteiger partial charge in [-0.1, -0.05) is 29.0 Å². The van der Waals surface area contributed by atoms with Gasteiger partial charge >= 0.3 is 0 Å². The first-order valence-corrected chi connectivity index (χ1v) is 7.29. The van der Waals surface area contributed by atoms with Crippen molar-refractivity contribution in [2.75, 3.05) is 18.5 Å². The minimum absolute atomic E-state index is 0.166. The Morgan fingerprint density at radius 3 is 3.00 bits per heavy atom. The van der Waals surface area contributed by atoms with Gasteiger partial charge in [-0.25, -0.2) is 0 Å². The SMILES string of the molecule is CCOCCc1nnc(NC(=O)c2cccc(C)c2)s1. The summed E-state index contributed by atoms with van der Waals surface area (Å²) in [6.07, 6.45) is 0.714. The lowest BCUT2D eigenvalue weighted by atomic mass is 10.1. The maximum absolute atomic E-state index is 12.0. The molecule has 0 saturated carbocycles. The molecule has 2 aromatic rings. The zero-order valence-electron chi connectivity index (χ0n) is 11.5. The topological polar surface area (TPSA) is 64.1 Å². The fraction of sp³-hybridized carbons (Fsp3) is 0.357. The second-order valence-electron chi connectivity index (χ2n) is 4.27. The molecular formula is C14H17N3O2S. The van der Waals surface area contributed by atoms with Crippen LogP contribution in [0, 0.1) is 6.92 Å². The van der Waals surface area contributed by atoms with Crippen molar-refractivity contribution in [3.8, 4) is 0 Å². The van der Waals surface area contributed by atoms with E-state index in [4.69, 9.17) is 4.74 Å². The van der Waals surface area contributed by atoms with Crippen LogP contribution in [-0.4, -0.2) is 29.3 Å². The maximum Gasteiger partial charge on any atom is 0.257 e. The van der Waals surface area contributed by atoms with Gasteiger partial charge in [0.2, 0.25) is 5.13 Å². The van der Waals surface area contributed by atoms with E-state index in [1.54, 1.807) is 6.07 Å². The highest BCUT2D eigenvalue weighted by atomic mass is 32.1. The van der Waals surface area contributed by atoms with E-state index >= 15 is 0 Å². The normalized spacial score (nSPS) is 10.5. The predicted molar refractivity (Wildman–Crippen MR) is 79.2 cm³/mol. The van der Waals surface area contributed by atoms with Gasteiger partial charge in [-0.2, -0.15) is 0 Å². The van der Waals surface area contributed by atoms with Crippen LogP contribution in [0.1, 0.15) is 27.9 Å². The molecule has 0 spiro atoms. The number of carbonyl (C=O) groups is 1. The first-order chi connectivity index (χ1) is 9.69. The van der Waals surface area contributed by atoms with Crippen molar-refractivity contribution in [3.05, 3.63) is 40.4 Å². The van der Waals surface area contributed by atoms with Gasteiger partial charge in [0, 0.05) is 18.6 Å². The summed E-state index contributed by atoms with van der Waals surface area (Å²) in [4.78, 5) is 12.0. The van der Waals surface area contributed by atoms with Gasteiger partial charge in [-0.3, -0.25) is 10.1 Å². The quantitative estimate of drug-likeness (QED) is 0.831. The molecule has 1 heterocycles. The van der Waals surface area contributed by atoms with Crippen LogP contribution in [0.3, 0.4) is 0 Å². The van der Waals surface area contributed by atoms with Gasteiger partial charge in [0.15, 0.2) is 0 Å². The van der Waals surface area contributed by atoms with Gasteiger partial charge in [0.25, 0.3) is 5.91 Å². The number of ether oxygens (including phenoxy) is 1. The summed E-state index contributed by atoms with van der Waals surface area (Å²) in [5, 5.41) is 12.1. The second-order valence-corrected chi connectivity index (χ2v) is 5.33. The van der Waals surface area contributed by atoms with E-state index in [0.717, 1.165) is 10.6 Å². The molecule has 0 radical (unpaired) electrons. The Morgan fingerprint density at radius 1 is 1.40 bits per heavy atom. The molecule has 0 bridgehead atoms. The number of rotatable bonds is 6. The molecule has 0 saturated heterocycles. The number of hydrogen-bond donors (Lipinski definition) is 1. The molecular weight excluding hydrogens is 274 g/mol. The van der Waals surface area contributed by atoms with Crippen LogP contribution in [0.2, 0.25) is 0 Å². The van der Waals surface area contributed by atoms with Crippen LogP contribution < -0.4 is 5.32 Å². The number of aromatic nitrogens is 2. The van der Waals surface area contributed by atoms with Crippen molar-refractivity contribution >= 4 is 22.4 Å². The Hall–Kier alpha value is -1.79. The molecule has 0 aliphatic rings. The van der Waals surface area contributed by atoms with Gasteiger partial charge in [0.1, 0.15) is 5.01 Å². The van der Waals surface area contributed by atoms with E-state index in [0.29, 0.717) is 30.3 Å². The average molecular weight is 291 g/mol. The molecule has 1 aromatic heterocycles. The molecule has 5 nitrogen and oxygen atoms in total. The molecule has 1 amide bonds. The predicted octanol–water partition coefficient (Wildman–Crippen LogP) is 2.68. The lowest BCUT2D eigenvalue weighted by Crippen LogP contribution is -2.11. The van der Waals surface area contributed by atoms with E-state index < -0.39 is 0 Å². The monoisotopic (exact) mass is 291 g/mol. The molecule has 6 heteroatoms. The third-order valence-electron chi connectivity index (χ3n) is 2.63. The molecule has 0 aliphatic heterocycles. The second kappa shape index (κ2) is 7.12. The van der Waals surface area contributed by atoms with Crippen molar-refractivity contribution in [3.63, 3.8) is 0 Å². The zero-order valence-corrected chi connectivity index (χ0v) is 12.4. The highest BCUT2D eigenvalue weighted by molar-refractivity contribution is 7.15. The van der Waals surface area contributed by atoms with Gasteiger partial charge < -0.3 is 4.74 Å². The highest BCUT2D eigenvalue weighted by Crippen LogP contribution is 2.17. The smallest absolute Gasteiger partial charge is 0.257 e. The molecule has 20 heavy (non-hydrogen) atoms. The zero-order chi connectivity index (χ0) is 14.4. The van der Waals surface area contributed by atoms with Crippen molar-refractivity contribution in [1.82, 2.24) is 10.2 Å². The third kappa shape index (κ3) is 4.11. The van der Waals surface area contributed by atoms with Gasteiger partial charge in [-0.05, 0) is 26.0 Å². The maximum atomic E-state index is 12.0. The van der Waals surface area contributed by atoms with E-state index in [1.165, 1.54) is 11.3 Å². The Kier molecular flexibility index (Phi) is 5.20. The highest BCUT2D eigenvalue weighted by Gasteiger charge is 2.10. The standard InChI is InChI=1S/C14H17N3O2S/c1-3-19-8-7-12-16-17-14(20-12)15-13(18)11-6-4-5-10(2)9-11/h4-6,9H,3,7-8H2,1-2H3,(H,15,17,18). The van der Waals surface area contributed by atoms with E-state index in [1.807, 2.05) is 32.0 Å². The largest absolute Gasteiger partial charge is 0.381 e. The number of aryl methyl sites for hydroxylation is 1. The number of amides is 1. The molecule has 2 rings (SSSR count). The lowest BCUT2D eigenvalue weighted by molar-refractivity contribution is 0.102. The molecule has 0 fully saturated rings. The minimum Gasteiger partial charge on any atom is -0.381 e. The summed E-state index contributed by atoms with van der Waals surface area (Å²) in [5.41, 5.74) is 1.67. The first kappa shape index (κ1) is 14.6.